The van der Waals surface area contributed by atoms with Crippen LogP contribution < -0.4 is 0 Å². The Balaban J connectivity index is 1.68. The van der Waals surface area contributed by atoms with E-state index in [4.69, 9.17) is 0 Å². The van der Waals surface area contributed by atoms with E-state index < -0.39 is 9.84 Å². The van der Waals surface area contributed by atoms with E-state index in [2.05, 4.69) is 0 Å². The van der Waals surface area contributed by atoms with Crippen LogP contribution in [0.4, 0.5) is 0 Å². The fourth-order valence-corrected chi connectivity index (χ4v) is 6.17. The van der Waals surface area contributed by atoms with Gasteiger partial charge in [0.25, 0.3) is 0 Å². The SMILES string of the molecule is CCCN(C(=O)C1CC(=O)N(C2CCCC2)C1)C1CCS(=O)(=O)C1. The Morgan fingerprint density at radius 1 is 1.25 bits per heavy atom. The molecule has 0 spiro atoms. The van der Waals surface area contributed by atoms with Gasteiger partial charge in [-0.1, -0.05) is 19.8 Å². The maximum Gasteiger partial charge on any atom is 0.228 e. The third-order valence-corrected chi connectivity index (χ3v) is 7.42. The van der Waals surface area contributed by atoms with Gasteiger partial charge in [0.2, 0.25) is 11.8 Å². The molecule has 0 radical (unpaired) electrons. The predicted octanol–water partition coefficient (Wildman–Crippen LogP) is 1.20. The van der Waals surface area contributed by atoms with E-state index in [0.29, 0.717) is 25.6 Å². The van der Waals surface area contributed by atoms with Crippen LogP contribution in [0.3, 0.4) is 0 Å². The first-order chi connectivity index (χ1) is 11.4. The van der Waals surface area contributed by atoms with Crippen LogP contribution in [0, 0.1) is 5.92 Å². The van der Waals surface area contributed by atoms with Gasteiger partial charge in [0.1, 0.15) is 0 Å². The molecule has 0 aromatic rings. The maximum atomic E-state index is 13.0. The van der Waals surface area contributed by atoms with Crippen LogP contribution in [-0.4, -0.2) is 66.7 Å². The van der Waals surface area contributed by atoms with Crippen molar-refractivity contribution in [1.82, 2.24) is 9.80 Å². The van der Waals surface area contributed by atoms with Crippen LogP contribution in [0.1, 0.15) is 51.9 Å². The van der Waals surface area contributed by atoms with E-state index in [1.165, 1.54) is 0 Å². The van der Waals surface area contributed by atoms with Crippen molar-refractivity contribution in [2.75, 3.05) is 24.6 Å². The lowest BCUT2D eigenvalue weighted by molar-refractivity contribution is -0.137. The summed E-state index contributed by atoms with van der Waals surface area (Å²) in [6, 6.07) is 0.0971. The highest BCUT2D eigenvalue weighted by Gasteiger charge is 2.42. The van der Waals surface area contributed by atoms with Gasteiger partial charge in [-0.15, -0.1) is 0 Å². The fourth-order valence-electron chi connectivity index (χ4n) is 4.44. The van der Waals surface area contributed by atoms with E-state index in [1.807, 2.05) is 11.8 Å². The molecule has 0 bridgehead atoms. The summed E-state index contributed by atoms with van der Waals surface area (Å²) in [5.74, 6) is 0.0193. The lowest BCUT2D eigenvalue weighted by Gasteiger charge is -2.30. The van der Waals surface area contributed by atoms with Crippen LogP contribution in [0.25, 0.3) is 0 Å². The van der Waals surface area contributed by atoms with Gasteiger partial charge in [0.05, 0.1) is 17.4 Å². The van der Waals surface area contributed by atoms with E-state index in [1.54, 1.807) is 4.90 Å². The lowest BCUT2D eigenvalue weighted by atomic mass is 10.0. The molecule has 6 nitrogen and oxygen atoms in total. The van der Waals surface area contributed by atoms with Crippen molar-refractivity contribution in [3.05, 3.63) is 0 Å². The van der Waals surface area contributed by atoms with Crippen LogP contribution in [0.5, 0.6) is 0 Å². The molecule has 2 atom stereocenters. The first kappa shape index (κ1) is 17.7. The second kappa shape index (κ2) is 7.02. The van der Waals surface area contributed by atoms with E-state index in [0.717, 1.165) is 32.1 Å². The van der Waals surface area contributed by atoms with E-state index >= 15 is 0 Å². The third kappa shape index (κ3) is 3.60. The standard InChI is InChI=1S/C17H28N2O4S/c1-2-8-18(15-7-9-24(22,23)12-15)17(21)13-10-16(20)19(11-13)14-5-3-4-6-14/h13-15H,2-12H2,1H3. The molecule has 136 valence electrons. The molecule has 2 aliphatic heterocycles. The first-order valence-electron chi connectivity index (χ1n) is 9.21. The average molecular weight is 356 g/mol. The Morgan fingerprint density at radius 3 is 2.54 bits per heavy atom. The maximum absolute atomic E-state index is 13.0. The molecule has 3 aliphatic rings. The monoisotopic (exact) mass is 356 g/mol. The highest BCUT2D eigenvalue weighted by Crippen LogP contribution is 2.31. The molecule has 1 aliphatic carbocycles. The van der Waals surface area contributed by atoms with Gasteiger partial charge in [0.15, 0.2) is 9.84 Å². The molecule has 0 aromatic heterocycles. The molecule has 24 heavy (non-hydrogen) atoms. The van der Waals surface area contributed by atoms with Crippen LogP contribution in [0.2, 0.25) is 0 Å². The zero-order valence-corrected chi connectivity index (χ0v) is 15.3. The largest absolute Gasteiger partial charge is 0.339 e. The summed E-state index contributed by atoms with van der Waals surface area (Å²) in [6.07, 6.45) is 6.04. The van der Waals surface area contributed by atoms with Gasteiger partial charge in [0, 0.05) is 31.6 Å². The second-order valence-corrected chi connectivity index (χ2v) is 9.70. The molecule has 0 N–H and O–H groups in total. The number of rotatable bonds is 5. The van der Waals surface area contributed by atoms with Gasteiger partial charge < -0.3 is 9.80 Å². The van der Waals surface area contributed by atoms with E-state index in [-0.39, 0.29) is 41.7 Å². The van der Waals surface area contributed by atoms with Crippen molar-refractivity contribution < 1.29 is 18.0 Å². The molecular formula is C17H28N2O4S. The molecule has 2 saturated heterocycles. The Hall–Kier alpha value is -1.11. The summed E-state index contributed by atoms with van der Waals surface area (Å²) in [7, 11) is -3.02. The minimum absolute atomic E-state index is 0.0206. The molecule has 1 saturated carbocycles. The summed E-state index contributed by atoms with van der Waals surface area (Å²) < 4.78 is 23.5. The van der Waals surface area contributed by atoms with Crippen molar-refractivity contribution in [2.24, 2.45) is 5.92 Å². The summed E-state index contributed by atoms with van der Waals surface area (Å²) in [6.45, 7) is 3.09. The summed E-state index contributed by atoms with van der Waals surface area (Å²) in [4.78, 5) is 29.0. The Kier molecular flexibility index (Phi) is 5.18. The number of carbonyl (C=O) groups is 2. The number of carbonyl (C=O) groups excluding carboxylic acids is 2. The summed E-state index contributed by atoms with van der Waals surface area (Å²) in [5.41, 5.74) is 0. The molecule has 2 unspecified atom stereocenters. The quantitative estimate of drug-likeness (QED) is 0.742. The number of amides is 2. The Bertz CT molecular complexity index is 598. The molecule has 2 heterocycles. The van der Waals surface area contributed by atoms with Gasteiger partial charge in [-0.3, -0.25) is 9.59 Å². The lowest BCUT2D eigenvalue weighted by Crippen LogP contribution is -2.45. The highest BCUT2D eigenvalue weighted by molar-refractivity contribution is 7.91. The normalized spacial score (nSPS) is 30.2. The van der Waals surface area contributed by atoms with Gasteiger partial charge in [-0.05, 0) is 25.7 Å². The predicted molar refractivity (Wildman–Crippen MR) is 91.1 cm³/mol. The minimum Gasteiger partial charge on any atom is -0.339 e. The fraction of sp³-hybridized carbons (Fsp3) is 0.882. The third-order valence-electron chi connectivity index (χ3n) is 5.67. The number of hydrogen-bond donors (Lipinski definition) is 0. The molecule has 7 heteroatoms. The Labute approximate surface area is 144 Å². The molecule has 2 amide bonds. The van der Waals surface area contributed by atoms with Crippen molar-refractivity contribution in [3.8, 4) is 0 Å². The van der Waals surface area contributed by atoms with Gasteiger partial charge in [-0.25, -0.2) is 8.42 Å². The second-order valence-electron chi connectivity index (χ2n) is 7.47. The Morgan fingerprint density at radius 2 is 1.96 bits per heavy atom. The molecule has 3 fully saturated rings. The molecular weight excluding hydrogens is 328 g/mol. The topological polar surface area (TPSA) is 74.8 Å². The zero-order chi connectivity index (χ0) is 17.3. The van der Waals surface area contributed by atoms with Crippen molar-refractivity contribution >= 4 is 21.7 Å². The summed E-state index contributed by atoms with van der Waals surface area (Å²) in [5, 5.41) is 0. The average Bonchev–Trinajstić information content (AvgIpc) is 3.24. The number of hydrogen-bond acceptors (Lipinski definition) is 4. The van der Waals surface area contributed by atoms with Gasteiger partial charge in [-0.2, -0.15) is 0 Å². The highest BCUT2D eigenvalue weighted by atomic mass is 32.2. The van der Waals surface area contributed by atoms with Crippen LogP contribution in [-0.2, 0) is 19.4 Å². The van der Waals surface area contributed by atoms with Crippen molar-refractivity contribution in [3.63, 3.8) is 0 Å². The summed E-state index contributed by atoms with van der Waals surface area (Å²) >= 11 is 0. The zero-order valence-electron chi connectivity index (χ0n) is 14.4. The van der Waals surface area contributed by atoms with Crippen LogP contribution >= 0.6 is 0 Å². The molecule has 3 rings (SSSR count). The molecule has 0 aromatic carbocycles. The number of likely N-dealkylation sites (tertiary alicyclic amines) is 1. The smallest absolute Gasteiger partial charge is 0.228 e. The van der Waals surface area contributed by atoms with E-state index in [9.17, 15) is 18.0 Å². The van der Waals surface area contributed by atoms with Crippen molar-refractivity contribution in [2.45, 2.75) is 64.0 Å². The van der Waals surface area contributed by atoms with Crippen LogP contribution in [0.15, 0.2) is 0 Å². The van der Waals surface area contributed by atoms with Crippen molar-refractivity contribution in [1.29, 1.82) is 0 Å². The van der Waals surface area contributed by atoms with Gasteiger partial charge >= 0.3 is 0 Å². The minimum atomic E-state index is -3.02. The number of sulfone groups is 1. The first-order valence-corrected chi connectivity index (χ1v) is 11.0. The number of nitrogens with zero attached hydrogens (tertiary/aromatic N) is 2.